The monoisotopic (exact) mass is 492 g/mol. The van der Waals surface area contributed by atoms with Crippen LogP contribution in [-0.4, -0.2) is 12.6 Å². The predicted molar refractivity (Wildman–Crippen MR) is 146 cm³/mol. The second-order valence-electron chi connectivity index (χ2n) is 10.6. The highest BCUT2D eigenvalue weighted by Gasteiger charge is 2.48. The highest BCUT2D eigenvalue weighted by Crippen LogP contribution is 2.57. The van der Waals surface area contributed by atoms with Crippen molar-refractivity contribution in [1.29, 1.82) is 0 Å². The summed E-state index contributed by atoms with van der Waals surface area (Å²) < 4.78 is 25.5. The Kier molecular flexibility index (Phi) is 3.37. The molecule has 0 radical (unpaired) electrons. The van der Waals surface area contributed by atoms with Crippen molar-refractivity contribution in [1.82, 2.24) is 0 Å². The summed E-state index contributed by atoms with van der Waals surface area (Å²) in [5, 5.41) is 7.21. The number of ether oxygens (including phenoxy) is 4. The van der Waals surface area contributed by atoms with E-state index >= 15 is 0 Å². The topological polar surface area (TPSA) is 36.9 Å². The van der Waals surface area contributed by atoms with Gasteiger partial charge in [0.2, 0.25) is 0 Å². The minimum atomic E-state index is -0.355. The van der Waals surface area contributed by atoms with Gasteiger partial charge in [-0.1, -0.05) is 66.7 Å². The Morgan fingerprint density at radius 1 is 0.395 bits per heavy atom. The zero-order valence-corrected chi connectivity index (χ0v) is 20.2. The van der Waals surface area contributed by atoms with E-state index in [0.717, 1.165) is 28.4 Å². The third-order valence-electron chi connectivity index (χ3n) is 8.80. The molecule has 38 heavy (non-hydrogen) atoms. The fraction of sp³-hybridized carbons (Fsp3) is 0.118. The lowest BCUT2D eigenvalue weighted by Gasteiger charge is -2.14. The highest BCUT2D eigenvalue weighted by molar-refractivity contribution is 5.96. The van der Waals surface area contributed by atoms with Crippen molar-refractivity contribution in [3.05, 3.63) is 119 Å². The minimum Gasteiger partial charge on any atom is -0.454 e. The maximum atomic E-state index is 6.49. The molecule has 0 spiro atoms. The molecule has 0 amide bonds. The van der Waals surface area contributed by atoms with E-state index in [9.17, 15) is 0 Å². The second kappa shape index (κ2) is 6.59. The predicted octanol–water partition coefficient (Wildman–Crippen LogP) is 7.63. The van der Waals surface area contributed by atoms with Gasteiger partial charge in [0.1, 0.15) is 23.0 Å². The third kappa shape index (κ3) is 2.28. The summed E-state index contributed by atoms with van der Waals surface area (Å²) in [6.45, 7) is 0. The molecule has 0 bridgehead atoms. The van der Waals surface area contributed by atoms with Gasteiger partial charge in [-0.05, 0) is 62.6 Å². The minimum absolute atomic E-state index is 0.00896. The molecule has 180 valence electrons. The van der Waals surface area contributed by atoms with Gasteiger partial charge in [0.15, 0.2) is 0 Å². The molecule has 4 aliphatic rings. The maximum Gasteiger partial charge on any atom is 0.252 e. The Balaban J connectivity index is 1.19. The molecule has 4 heteroatoms. The van der Waals surface area contributed by atoms with Crippen molar-refractivity contribution >= 4 is 32.3 Å². The molecule has 0 saturated carbocycles. The molecule has 4 atom stereocenters. The van der Waals surface area contributed by atoms with Gasteiger partial charge < -0.3 is 18.9 Å². The number of benzene rings is 6. The Bertz CT molecular complexity index is 2030. The molecule has 0 N–H and O–H groups in total. The molecule has 0 unspecified atom stereocenters. The van der Waals surface area contributed by atoms with Crippen molar-refractivity contribution in [2.45, 2.75) is 24.4 Å². The van der Waals surface area contributed by atoms with Gasteiger partial charge in [-0.3, -0.25) is 0 Å². The summed E-state index contributed by atoms with van der Waals surface area (Å²) in [6.07, 6.45) is -0.703. The van der Waals surface area contributed by atoms with Crippen molar-refractivity contribution in [3.63, 3.8) is 0 Å². The first kappa shape index (κ1) is 19.4. The largest absolute Gasteiger partial charge is 0.454 e. The van der Waals surface area contributed by atoms with Crippen molar-refractivity contribution < 1.29 is 18.9 Å². The lowest BCUT2D eigenvalue weighted by atomic mass is 9.84. The van der Waals surface area contributed by atoms with Crippen LogP contribution < -0.4 is 18.9 Å². The summed E-state index contributed by atoms with van der Waals surface area (Å²) in [5.41, 5.74) is 4.79. The van der Waals surface area contributed by atoms with E-state index in [1.54, 1.807) is 0 Å². The average Bonchev–Trinajstić information content (AvgIpc) is 3.68. The van der Waals surface area contributed by atoms with Crippen LogP contribution in [0.3, 0.4) is 0 Å². The van der Waals surface area contributed by atoms with Crippen LogP contribution in [0.5, 0.6) is 23.0 Å². The lowest BCUT2D eigenvalue weighted by molar-refractivity contribution is 0.0325. The molecule has 4 nitrogen and oxygen atoms in total. The molecular formula is C34H20O4. The number of hydrogen-bond donors (Lipinski definition) is 0. The Labute approximate surface area is 217 Å². The molecule has 0 fully saturated rings. The van der Waals surface area contributed by atoms with E-state index in [1.165, 1.54) is 49.2 Å². The van der Waals surface area contributed by atoms with Crippen LogP contribution in [0.4, 0.5) is 0 Å². The summed E-state index contributed by atoms with van der Waals surface area (Å²) in [6, 6.07) is 34.2. The maximum absolute atomic E-state index is 6.49. The fourth-order valence-electron chi connectivity index (χ4n) is 7.22. The first-order valence-electron chi connectivity index (χ1n) is 13.1. The van der Waals surface area contributed by atoms with Gasteiger partial charge in [-0.15, -0.1) is 0 Å². The van der Waals surface area contributed by atoms with Gasteiger partial charge in [-0.25, -0.2) is 0 Å². The van der Waals surface area contributed by atoms with Crippen LogP contribution in [0.1, 0.15) is 34.1 Å². The Morgan fingerprint density at radius 3 is 1.55 bits per heavy atom. The third-order valence-corrected chi connectivity index (χ3v) is 8.80. The van der Waals surface area contributed by atoms with Gasteiger partial charge in [-0.2, -0.15) is 0 Å². The van der Waals surface area contributed by atoms with E-state index in [0.29, 0.717) is 0 Å². The first-order valence-corrected chi connectivity index (χ1v) is 13.1. The summed E-state index contributed by atoms with van der Waals surface area (Å²) in [4.78, 5) is 0. The van der Waals surface area contributed by atoms with Crippen LogP contribution in [-0.2, 0) is 0 Å². The fourth-order valence-corrected chi connectivity index (χ4v) is 7.22. The van der Waals surface area contributed by atoms with E-state index in [1.807, 2.05) is 0 Å². The molecule has 4 heterocycles. The molecule has 4 aliphatic heterocycles. The van der Waals surface area contributed by atoms with Crippen molar-refractivity contribution in [2.24, 2.45) is 0 Å². The van der Waals surface area contributed by atoms with Crippen LogP contribution in [0.15, 0.2) is 97.1 Å². The molecule has 0 aliphatic carbocycles. The Morgan fingerprint density at radius 2 is 0.895 bits per heavy atom. The molecule has 0 aromatic heterocycles. The van der Waals surface area contributed by atoms with Crippen molar-refractivity contribution in [2.75, 3.05) is 0 Å². The zero-order chi connectivity index (χ0) is 24.5. The van der Waals surface area contributed by atoms with Crippen LogP contribution in [0, 0.1) is 0 Å². The summed E-state index contributed by atoms with van der Waals surface area (Å²) in [7, 11) is 0. The van der Waals surface area contributed by atoms with Gasteiger partial charge in [0, 0.05) is 22.3 Å². The van der Waals surface area contributed by atoms with E-state index in [4.69, 9.17) is 18.9 Å². The van der Waals surface area contributed by atoms with Crippen LogP contribution >= 0.6 is 0 Å². The van der Waals surface area contributed by atoms with Gasteiger partial charge in [0.05, 0.1) is 11.8 Å². The van der Waals surface area contributed by atoms with E-state index in [2.05, 4.69) is 97.1 Å². The second-order valence-corrected chi connectivity index (χ2v) is 10.6. The lowest BCUT2D eigenvalue weighted by Crippen LogP contribution is -2.19. The van der Waals surface area contributed by atoms with Crippen LogP contribution in [0.2, 0.25) is 0 Å². The summed E-state index contributed by atoms with van der Waals surface area (Å²) in [5.74, 6) is 3.66. The molecule has 10 rings (SSSR count). The van der Waals surface area contributed by atoms with Gasteiger partial charge in [0.25, 0.3) is 12.6 Å². The number of rotatable bonds is 0. The smallest absolute Gasteiger partial charge is 0.252 e. The molecule has 0 saturated heterocycles. The zero-order valence-electron chi connectivity index (χ0n) is 20.2. The Hall–Kier alpha value is -4.70. The highest BCUT2D eigenvalue weighted by atomic mass is 16.7. The molecule has 6 aromatic carbocycles. The molecular weight excluding hydrogens is 472 g/mol. The van der Waals surface area contributed by atoms with Crippen molar-refractivity contribution in [3.8, 4) is 23.0 Å². The quantitative estimate of drug-likeness (QED) is 0.218. The number of fused-ring (bicyclic) bond motifs is 16. The van der Waals surface area contributed by atoms with Crippen LogP contribution in [0.25, 0.3) is 32.3 Å². The van der Waals surface area contributed by atoms with Gasteiger partial charge >= 0.3 is 0 Å². The summed E-state index contributed by atoms with van der Waals surface area (Å²) >= 11 is 0. The van der Waals surface area contributed by atoms with E-state index < -0.39 is 0 Å². The van der Waals surface area contributed by atoms with E-state index in [-0.39, 0.29) is 24.4 Å². The normalized spacial score (nSPS) is 23.1. The number of hydrogen-bond acceptors (Lipinski definition) is 4. The first-order chi connectivity index (χ1) is 18.8. The molecule has 6 aromatic rings. The standard InChI is InChI=1S/C34H20O4/c1-3-7-20-17(5-1)9-12-24-28(20)31-23-15-19-11-14-26-30(22(19)16-27(23)38-33(31)35-24)32-29-21-8-4-2-6-18(21)10-13-25(29)36-34(32)37-26/h1-16,31-34H/t31-,32+,33-,34-/m1/s1. The average molecular weight is 493 g/mol. The SMILES string of the molecule is c1ccc2c3c(ccc2c1)O[C@@H]1Oc2ccc4cc5c(cc4c2[C@H]31)O[C@H]1Oc2ccc3ccccc3c2[C@@H]51.